The SMILES string of the molecule is CCC1C=Cc2c3cc(-c4ccc(-c5cc(Cc6ccccc6)c6ccccc6n5)cc4)ccc3n3c(=O)c4ccccc4c(c23)=C1. The van der Waals surface area contributed by atoms with E-state index in [9.17, 15) is 4.79 Å². The first-order chi connectivity index (χ1) is 23.2. The number of hydrogen-bond acceptors (Lipinski definition) is 2. The minimum absolute atomic E-state index is 0.0407. The standard InChI is InChI=1S/C44H32N2O/c1-2-28-16-22-36-38-26-32(21-23-42(38)46-43(36)39(25-28)35-13-6-7-14-37(35)44(46)47)30-17-19-31(20-18-30)41-27-33(24-29-10-4-3-5-11-29)34-12-8-9-15-40(34)45-41/h3-23,25-28H,2,24H2,1H3. The molecular weight excluding hydrogens is 572 g/mol. The topological polar surface area (TPSA) is 34.4 Å². The van der Waals surface area contributed by atoms with E-state index in [1.54, 1.807) is 0 Å². The second kappa shape index (κ2) is 10.9. The van der Waals surface area contributed by atoms with Crippen LogP contribution in [0.4, 0.5) is 0 Å². The number of nitrogens with zero attached hydrogens (tertiary/aromatic N) is 2. The van der Waals surface area contributed by atoms with Crippen LogP contribution in [0.15, 0.2) is 138 Å². The van der Waals surface area contributed by atoms with E-state index in [1.807, 2.05) is 22.6 Å². The van der Waals surface area contributed by atoms with Gasteiger partial charge in [0, 0.05) is 32.5 Å². The molecule has 1 atom stereocenters. The highest BCUT2D eigenvalue weighted by molar-refractivity contribution is 6.04. The van der Waals surface area contributed by atoms with E-state index in [2.05, 4.69) is 134 Å². The van der Waals surface area contributed by atoms with Gasteiger partial charge in [-0.15, -0.1) is 0 Å². The van der Waals surface area contributed by atoms with Crippen LogP contribution >= 0.6 is 0 Å². The summed E-state index contributed by atoms with van der Waals surface area (Å²) in [4.78, 5) is 19.0. The summed E-state index contributed by atoms with van der Waals surface area (Å²) in [5.41, 5.74) is 11.0. The average molecular weight is 605 g/mol. The third-order valence-electron chi connectivity index (χ3n) is 9.83. The molecule has 1 aliphatic rings. The Labute approximate surface area is 272 Å². The van der Waals surface area contributed by atoms with E-state index in [0.29, 0.717) is 5.92 Å². The van der Waals surface area contributed by atoms with Crippen molar-refractivity contribution in [1.29, 1.82) is 0 Å². The van der Waals surface area contributed by atoms with Crippen LogP contribution in [0.5, 0.6) is 0 Å². The van der Waals surface area contributed by atoms with Crippen LogP contribution in [0.2, 0.25) is 0 Å². The van der Waals surface area contributed by atoms with E-state index in [0.717, 1.165) is 78.7 Å². The van der Waals surface area contributed by atoms with Crippen molar-refractivity contribution in [2.24, 2.45) is 5.92 Å². The Hall–Kier alpha value is -5.80. The molecule has 224 valence electrons. The third kappa shape index (κ3) is 4.50. The maximum absolute atomic E-state index is 13.9. The molecule has 8 aromatic rings. The van der Waals surface area contributed by atoms with Crippen LogP contribution in [0.25, 0.3) is 72.6 Å². The zero-order valence-electron chi connectivity index (χ0n) is 26.2. The second-order valence-corrected chi connectivity index (χ2v) is 12.6. The molecule has 1 aliphatic carbocycles. The molecular formula is C44H32N2O. The van der Waals surface area contributed by atoms with Gasteiger partial charge in [-0.05, 0) is 76.7 Å². The largest absolute Gasteiger partial charge is 0.275 e. The molecule has 0 aliphatic heterocycles. The maximum atomic E-state index is 13.9. The summed E-state index contributed by atoms with van der Waals surface area (Å²) in [6.07, 6.45) is 8.73. The lowest BCUT2D eigenvalue weighted by atomic mass is 9.97. The Bertz CT molecular complexity index is 2650. The highest BCUT2D eigenvalue weighted by Gasteiger charge is 2.20. The Balaban J connectivity index is 1.16. The van der Waals surface area contributed by atoms with Crippen LogP contribution in [0, 0.1) is 5.92 Å². The number of hydrogen-bond donors (Lipinski definition) is 0. The molecule has 0 spiro atoms. The number of para-hydroxylation sites is 1. The fourth-order valence-electron chi connectivity index (χ4n) is 7.40. The van der Waals surface area contributed by atoms with Crippen molar-refractivity contribution in [2.75, 3.05) is 0 Å². The number of pyridine rings is 2. The Morgan fingerprint density at radius 2 is 1.38 bits per heavy atom. The highest BCUT2D eigenvalue weighted by atomic mass is 16.1. The summed E-state index contributed by atoms with van der Waals surface area (Å²) >= 11 is 0. The summed E-state index contributed by atoms with van der Waals surface area (Å²) in [6.45, 7) is 2.22. The molecule has 47 heavy (non-hydrogen) atoms. The fourth-order valence-corrected chi connectivity index (χ4v) is 7.40. The molecule has 3 heteroatoms. The molecule has 3 aromatic heterocycles. The predicted molar refractivity (Wildman–Crippen MR) is 197 cm³/mol. The normalized spacial score (nSPS) is 14.2. The van der Waals surface area contributed by atoms with Crippen LogP contribution < -0.4 is 10.8 Å². The van der Waals surface area contributed by atoms with Gasteiger partial charge in [0.05, 0.1) is 22.2 Å². The third-order valence-corrected chi connectivity index (χ3v) is 9.83. The van der Waals surface area contributed by atoms with E-state index >= 15 is 0 Å². The van der Waals surface area contributed by atoms with Gasteiger partial charge in [-0.2, -0.15) is 0 Å². The van der Waals surface area contributed by atoms with Crippen molar-refractivity contribution in [2.45, 2.75) is 19.8 Å². The molecule has 3 heterocycles. The number of aromatic nitrogens is 2. The number of fused-ring (bicyclic) bond motifs is 6. The van der Waals surface area contributed by atoms with Crippen LogP contribution in [0.1, 0.15) is 30.0 Å². The molecule has 0 N–H and O–H groups in total. The van der Waals surface area contributed by atoms with Gasteiger partial charge < -0.3 is 0 Å². The fraction of sp³-hybridized carbons (Fsp3) is 0.0909. The summed E-state index contributed by atoms with van der Waals surface area (Å²) in [6, 6.07) is 44.5. The van der Waals surface area contributed by atoms with Crippen molar-refractivity contribution < 1.29 is 0 Å². The van der Waals surface area contributed by atoms with Crippen LogP contribution in [0.3, 0.4) is 0 Å². The monoisotopic (exact) mass is 604 g/mol. The molecule has 0 saturated carbocycles. The van der Waals surface area contributed by atoms with Gasteiger partial charge in [-0.25, -0.2) is 4.98 Å². The molecule has 9 rings (SSSR count). The molecule has 0 saturated heterocycles. The lowest BCUT2D eigenvalue weighted by Crippen LogP contribution is -2.21. The van der Waals surface area contributed by atoms with Crippen molar-refractivity contribution in [3.05, 3.63) is 166 Å². The minimum Gasteiger partial charge on any atom is -0.275 e. The molecule has 0 radical (unpaired) electrons. The molecule has 0 fully saturated rings. The smallest absolute Gasteiger partial charge is 0.263 e. The number of benzene rings is 5. The number of rotatable bonds is 5. The van der Waals surface area contributed by atoms with E-state index in [-0.39, 0.29) is 5.56 Å². The Kier molecular flexibility index (Phi) is 6.39. The first-order valence-electron chi connectivity index (χ1n) is 16.4. The first kappa shape index (κ1) is 27.5. The summed E-state index contributed by atoms with van der Waals surface area (Å²) in [7, 11) is 0. The van der Waals surface area contributed by atoms with Gasteiger partial charge in [-0.3, -0.25) is 9.20 Å². The summed E-state index contributed by atoms with van der Waals surface area (Å²) in [5, 5.41) is 5.24. The lowest BCUT2D eigenvalue weighted by Gasteiger charge is -2.11. The van der Waals surface area contributed by atoms with E-state index in [4.69, 9.17) is 4.98 Å². The molecule has 1 unspecified atom stereocenters. The average Bonchev–Trinajstić information content (AvgIpc) is 3.32. The van der Waals surface area contributed by atoms with E-state index < -0.39 is 0 Å². The molecule has 0 amide bonds. The predicted octanol–water partition coefficient (Wildman–Crippen LogP) is 9.63. The van der Waals surface area contributed by atoms with Gasteiger partial charge in [0.15, 0.2) is 0 Å². The number of allylic oxidation sites excluding steroid dienone is 1. The molecule has 3 nitrogen and oxygen atoms in total. The van der Waals surface area contributed by atoms with Crippen molar-refractivity contribution in [3.63, 3.8) is 0 Å². The maximum Gasteiger partial charge on any atom is 0.263 e. The Morgan fingerprint density at radius 1 is 0.681 bits per heavy atom. The van der Waals surface area contributed by atoms with Gasteiger partial charge in [0.1, 0.15) is 0 Å². The lowest BCUT2D eigenvalue weighted by molar-refractivity contribution is 0.817. The van der Waals surface area contributed by atoms with E-state index in [1.165, 1.54) is 16.5 Å². The summed E-state index contributed by atoms with van der Waals surface area (Å²) in [5.74, 6) is 0.315. The van der Waals surface area contributed by atoms with Gasteiger partial charge in [-0.1, -0.05) is 122 Å². The van der Waals surface area contributed by atoms with Gasteiger partial charge >= 0.3 is 0 Å². The zero-order valence-corrected chi connectivity index (χ0v) is 26.2. The van der Waals surface area contributed by atoms with Crippen molar-refractivity contribution >= 4 is 50.2 Å². The van der Waals surface area contributed by atoms with Gasteiger partial charge in [0.2, 0.25) is 0 Å². The quantitative estimate of drug-likeness (QED) is 0.196. The zero-order chi connectivity index (χ0) is 31.5. The molecule has 5 aromatic carbocycles. The van der Waals surface area contributed by atoms with Crippen molar-refractivity contribution in [1.82, 2.24) is 9.38 Å². The van der Waals surface area contributed by atoms with Crippen LogP contribution in [-0.2, 0) is 6.42 Å². The minimum atomic E-state index is 0.0407. The van der Waals surface area contributed by atoms with Crippen molar-refractivity contribution in [3.8, 4) is 22.4 Å². The van der Waals surface area contributed by atoms with Crippen LogP contribution in [-0.4, -0.2) is 9.38 Å². The molecule has 0 bridgehead atoms. The van der Waals surface area contributed by atoms with Gasteiger partial charge in [0.25, 0.3) is 5.56 Å². The highest BCUT2D eigenvalue weighted by Crippen LogP contribution is 2.34. The second-order valence-electron chi connectivity index (χ2n) is 12.6. The Morgan fingerprint density at radius 3 is 2.19 bits per heavy atom. The summed E-state index contributed by atoms with van der Waals surface area (Å²) < 4.78 is 1.94. The first-order valence-corrected chi connectivity index (χ1v) is 16.4.